The van der Waals surface area contributed by atoms with Crippen LogP contribution in [0, 0.1) is 0 Å². The lowest BCUT2D eigenvalue weighted by atomic mass is 10.2. The number of carbonyl (C=O) groups is 2. The quantitative estimate of drug-likeness (QED) is 0.721. The van der Waals surface area contributed by atoms with Crippen LogP contribution in [-0.2, 0) is 19.6 Å². The molecule has 0 heterocycles. The molecule has 0 aromatic heterocycles. The number of Topliss-reactive ketones (excluding diaryl/α,β-unsaturated/α-hetero) is 1. The van der Waals surface area contributed by atoms with Crippen molar-refractivity contribution in [3.8, 4) is 0 Å². The SMILES string of the molecule is CC(=O)N[C@@H](C)C(=O)CS(N)(=O)=O.CCC. The van der Waals surface area contributed by atoms with Crippen LogP contribution in [0.2, 0.25) is 0 Å². The highest BCUT2D eigenvalue weighted by atomic mass is 32.2. The smallest absolute Gasteiger partial charge is 0.217 e. The lowest BCUT2D eigenvalue weighted by molar-refractivity contribution is -0.125. The lowest BCUT2D eigenvalue weighted by Gasteiger charge is -2.09. The summed E-state index contributed by atoms with van der Waals surface area (Å²) in [4.78, 5) is 21.5. The maximum absolute atomic E-state index is 11.0. The molecule has 0 radical (unpaired) electrons. The molecule has 0 spiro atoms. The van der Waals surface area contributed by atoms with Crippen LogP contribution in [0.3, 0.4) is 0 Å². The number of carbonyl (C=O) groups excluding carboxylic acids is 2. The fourth-order valence-electron chi connectivity index (χ4n) is 0.709. The molecule has 0 rings (SSSR count). The van der Waals surface area contributed by atoms with Gasteiger partial charge in [-0.25, -0.2) is 13.6 Å². The predicted octanol–water partition coefficient (Wildman–Crippen LogP) is -0.215. The van der Waals surface area contributed by atoms with E-state index in [0.29, 0.717) is 0 Å². The van der Waals surface area contributed by atoms with Gasteiger partial charge in [0, 0.05) is 6.92 Å². The van der Waals surface area contributed by atoms with Crippen LogP contribution >= 0.6 is 0 Å². The molecule has 0 aliphatic rings. The van der Waals surface area contributed by atoms with E-state index in [4.69, 9.17) is 0 Å². The van der Waals surface area contributed by atoms with Crippen LogP contribution in [0.4, 0.5) is 0 Å². The third-order valence-electron chi connectivity index (χ3n) is 1.25. The molecule has 96 valence electrons. The molecule has 0 bridgehead atoms. The molecule has 0 unspecified atom stereocenters. The van der Waals surface area contributed by atoms with E-state index in [0.717, 1.165) is 0 Å². The third-order valence-corrected chi connectivity index (χ3v) is 1.93. The summed E-state index contributed by atoms with van der Waals surface area (Å²) < 4.78 is 21.0. The van der Waals surface area contributed by atoms with Crippen LogP contribution in [0.25, 0.3) is 0 Å². The molecule has 1 amide bonds. The van der Waals surface area contributed by atoms with Crippen molar-refractivity contribution in [1.29, 1.82) is 0 Å². The summed E-state index contributed by atoms with van der Waals surface area (Å²) in [5, 5.41) is 6.90. The second-order valence-corrected chi connectivity index (χ2v) is 5.02. The Bertz CT molecular complexity index is 324. The van der Waals surface area contributed by atoms with Crippen molar-refractivity contribution in [3.05, 3.63) is 0 Å². The first-order chi connectivity index (χ1) is 7.14. The normalized spacial score (nSPS) is 12.1. The van der Waals surface area contributed by atoms with Gasteiger partial charge in [-0.15, -0.1) is 0 Å². The Balaban J connectivity index is 0. The third kappa shape index (κ3) is 13.1. The first kappa shape index (κ1) is 17.4. The Hall–Kier alpha value is -0.950. The zero-order valence-electron chi connectivity index (χ0n) is 10.1. The van der Waals surface area contributed by atoms with Crippen LogP contribution in [0.15, 0.2) is 0 Å². The van der Waals surface area contributed by atoms with E-state index in [9.17, 15) is 18.0 Å². The largest absolute Gasteiger partial charge is 0.347 e. The second-order valence-electron chi connectivity index (χ2n) is 3.40. The van der Waals surface area contributed by atoms with E-state index < -0.39 is 33.5 Å². The number of ketones is 1. The van der Waals surface area contributed by atoms with Crippen molar-refractivity contribution in [1.82, 2.24) is 5.32 Å². The van der Waals surface area contributed by atoms with Crippen molar-refractivity contribution in [2.45, 2.75) is 40.2 Å². The van der Waals surface area contributed by atoms with Crippen LogP contribution in [-0.4, -0.2) is 31.9 Å². The summed E-state index contributed by atoms with van der Waals surface area (Å²) in [7, 11) is -3.81. The van der Waals surface area contributed by atoms with Gasteiger partial charge < -0.3 is 5.32 Å². The molecule has 0 saturated carbocycles. The first-order valence-corrected chi connectivity index (χ1v) is 6.65. The summed E-state index contributed by atoms with van der Waals surface area (Å²) in [5.74, 6) is -1.78. The molecule has 7 heteroatoms. The van der Waals surface area contributed by atoms with E-state index in [1.807, 2.05) is 0 Å². The number of rotatable bonds is 4. The molecule has 0 saturated heterocycles. The maximum atomic E-state index is 11.0. The monoisotopic (exact) mass is 252 g/mol. The van der Waals surface area contributed by atoms with Gasteiger partial charge in [-0.2, -0.15) is 0 Å². The van der Waals surface area contributed by atoms with Crippen molar-refractivity contribution in [2.24, 2.45) is 5.14 Å². The second kappa shape index (κ2) is 8.23. The summed E-state index contributed by atoms with van der Waals surface area (Å²) in [5.41, 5.74) is 0. The zero-order valence-corrected chi connectivity index (χ0v) is 10.9. The summed E-state index contributed by atoms with van der Waals surface area (Å²) in [6.45, 7) is 6.88. The molecular weight excluding hydrogens is 232 g/mol. The maximum Gasteiger partial charge on any atom is 0.217 e. The number of hydrogen-bond acceptors (Lipinski definition) is 4. The van der Waals surface area contributed by atoms with Gasteiger partial charge >= 0.3 is 0 Å². The van der Waals surface area contributed by atoms with Crippen molar-refractivity contribution in [2.75, 3.05) is 5.75 Å². The van der Waals surface area contributed by atoms with Crippen molar-refractivity contribution in [3.63, 3.8) is 0 Å². The number of sulfonamides is 1. The Morgan fingerprint density at radius 1 is 1.31 bits per heavy atom. The highest BCUT2D eigenvalue weighted by molar-refractivity contribution is 7.89. The molecule has 3 N–H and O–H groups in total. The molecule has 0 aromatic carbocycles. The van der Waals surface area contributed by atoms with E-state index in [2.05, 4.69) is 24.3 Å². The number of nitrogens with two attached hydrogens (primary N) is 1. The molecule has 6 nitrogen and oxygen atoms in total. The Labute approximate surface area is 96.6 Å². The molecule has 0 aromatic rings. The minimum Gasteiger partial charge on any atom is -0.347 e. The van der Waals surface area contributed by atoms with Crippen molar-refractivity contribution < 1.29 is 18.0 Å². The fraction of sp³-hybridized carbons (Fsp3) is 0.778. The molecular formula is C9H20N2O4S. The van der Waals surface area contributed by atoms with E-state index >= 15 is 0 Å². The summed E-state index contributed by atoms with van der Waals surface area (Å²) >= 11 is 0. The lowest BCUT2D eigenvalue weighted by Crippen LogP contribution is -2.41. The Morgan fingerprint density at radius 2 is 1.69 bits per heavy atom. The number of amides is 1. The van der Waals surface area contributed by atoms with Gasteiger partial charge in [0.2, 0.25) is 15.9 Å². The van der Waals surface area contributed by atoms with Crippen LogP contribution < -0.4 is 10.5 Å². The first-order valence-electron chi connectivity index (χ1n) is 4.94. The van der Waals surface area contributed by atoms with Gasteiger partial charge in [0.05, 0.1) is 6.04 Å². The number of primary sulfonamides is 1. The van der Waals surface area contributed by atoms with Gasteiger partial charge in [0.15, 0.2) is 5.78 Å². The zero-order chi connectivity index (χ0) is 13.4. The molecule has 1 atom stereocenters. The Morgan fingerprint density at radius 3 is 1.94 bits per heavy atom. The topological polar surface area (TPSA) is 106 Å². The molecule has 0 aliphatic heterocycles. The average Bonchev–Trinajstić information content (AvgIpc) is 2.00. The fourth-order valence-corrected chi connectivity index (χ4v) is 1.36. The average molecular weight is 252 g/mol. The van der Waals surface area contributed by atoms with Gasteiger partial charge in [-0.1, -0.05) is 20.3 Å². The summed E-state index contributed by atoms with van der Waals surface area (Å²) in [6.07, 6.45) is 1.25. The van der Waals surface area contributed by atoms with Gasteiger partial charge in [0.1, 0.15) is 5.75 Å². The molecule has 0 fully saturated rings. The predicted molar refractivity (Wildman–Crippen MR) is 62.2 cm³/mol. The highest BCUT2D eigenvalue weighted by Gasteiger charge is 2.18. The van der Waals surface area contributed by atoms with Gasteiger partial charge in [0.25, 0.3) is 0 Å². The molecule has 0 aliphatic carbocycles. The van der Waals surface area contributed by atoms with Crippen molar-refractivity contribution >= 4 is 21.7 Å². The number of hydrogen-bond donors (Lipinski definition) is 2. The standard InChI is InChI=1S/C6H12N2O4S.C3H8/c1-4(8-5(2)9)6(10)3-13(7,11)12;1-3-2/h4H,3H2,1-2H3,(H,8,9)(H2,7,11,12);3H2,1-2H3/t4-;/m0./s1. The highest BCUT2D eigenvalue weighted by Crippen LogP contribution is 1.88. The number of nitrogens with one attached hydrogen (secondary N) is 1. The molecule has 16 heavy (non-hydrogen) atoms. The minimum absolute atomic E-state index is 0.393. The Kier molecular flexibility index (Phi) is 8.97. The van der Waals surface area contributed by atoms with Crippen LogP contribution in [0.5, 0.6) is 0 Å². The van der Waals surface area contributed by atoms with Gasteiger partial charge in [-0.3, -0.25) is 9.59 Å². The van der Waals surface area contributed by atoms with E-state index in [-0.39, 0.29) is 0 Å². The van der Waals surface area contributed by atoms with Gasteiger partial charge in [-0.05, 0) is 6.92 Å². The van der Waals surface area contributed by atoms with E-state index in [1.165, 1.54) is 20.3 Å². The van der Waals surface area contributed by atoms with E-state index in [1.54, 1.807) is 0 Å². The van der Waals surface area contributed by atoms with Crippen LogP contribution in [0.1, 0.15) is 34.1 Å². The summed E-state index contributed by atoms with van der Waals surface area (Å²) in [6, 6.07) is -0.823. The minimum atomic E-state index is -3.81.